The zero-order chi connectivity index (χ0) is 12.3. The van der Waals surface area contributed by atoms with Crippen molar-refractivity contribution in [2.75, 3.05) is 13.7 Å². The molecule has 0 aliphatic heterocycles. The molecule has 0 amide bonds. The number of methoxy groups -OCH3 is 1. The third-order valence-corrected chi connectivity index (χ3v) is 3.76. The van der Waals surface area contributed by atoms with Gasteiger partial charge < -0.3 is 9.84 Å². The molecule has 0 heterocycles. The number of hydrogen-bond acceptors (Lipinski definition) is 2. The van der Waals surface area contributed by atoms with Crippen molar-refractivity contribution in [1.82, 2.24) is 0 Å². The molecular formula is C14H19ClO2. The van der Waals surface area contributed by atoms with E-state index in [2.05, 4.69) is 0 Å². The molecule has 2 nitrogen and oxygen atoms in total. The highest BCUT2D eigenvalue weighted by molar-refractivity contribution is 6.32. The van der Waals surface area contributed by atoms with E-state index in [1.54, 1.807) is 7.11 Å². The Morgan fingerprint density at radius 1 is 1.29 bits per heavy atom. The third-order valence-electron chi connectivity index (χ3n) is 3.48. The van der Waals surface area contributed by atoms with E-state index in [-0.39, 0.29) is 6.61 Å². The van der Waals surface area contributed by atoms with Gasteiger partial charge in [-0.1, -0.05) is 18.0 Å². The number of rotatable bonds is 3. The Labute approximate surface area is 108 Å². The summed E-state index contributed by atoms with van der Waals surface area (Å²) >= 11 is 6.25. The highest BCUT2D eigenvalue weighted by atomic mass is 35.5. The minimum atomic E-state index is 0.142. The molecule has 0 atom stereocenters. The first kappa shape index (κ1) is 12.7. The maximum absolute atomic E-state index is 9.20. The Hall–Kier alpha value is -0.730. The molecule has 0 unspecified atom stereocenters. The SMILES string of the molecule is COc1c(Cl)cc2c(c1CCO)CCCCC2. The van der Waals surface area contributed by atoms with Gasteiger partial charge in [0.2, 0.25) is 0 Å². The maximum atomic E-state index is 9.20. The lowest BCUT2D eigenvalue weighted by atomic mass is 9.94. The molecule has 1 aromatic carbocycles. The lowest BCUT2D eigenvalue weighted by Gasteiger charge is -2.17. The fourth-order valence-electron chi connectivity index (χ4n) is 2.71. The second-order valence-electron chi connectivity index (χ2n) is 4.54. The van der Waals surface area contributed by atoms with Crippen LogP contribution in [0.15, 0.2) is 6.07 Å². The molecule has 94 valence electrons. The Morgan fingerprint density at radius 2 is 2.06 bits per heavy atom. The molecule has 1 aliphatic carbocycles. The van der Waals surface area contributed by atoms with Crippen LogP contribution >= 0.6 is 11.6 Å². The largest absolute Gasteiger partial charge is 0.495 e. The molecule has 17 heavy (non-hydrogen) atoms. The van der Waals surface area contributed by atoms with Crippen molar-refractivity contribution >= 4 is 11.6 Å². The van der Waals surface area contributed by atoms with Crippen molar-refractivity contribution < 1.29 is 9.84 Å². The van der Waals surface area contributed by atoms with Crippen LogP contribution in [0.25, 0.3) is 0 Å². The summed E-state index contributed by atoms with van der Waals surface area (Å²) in [4.78, 5) is 0. The van der Waals surface area contributed by atoms with Crippen molar-refractivity contribution in [1.29, 1.82) is 0 Å². The molecule has 1 aromatic rings. The quantitative estimate of drug-likeness (QED) is 0.840. The maximum Gasteiger partial charge on any atom is 0.141 e. The summed E-state index contributed by atoms with van der Waals surface area (Å²) in [5.41, 5.74) is 3.81. The van der Waals surface area contributed by atoms with E-state index in [9.17, 15) is 5.11 Å². The first-order valence-corrected chi connectivity index (χ1v) is 6.63. The number of fused-ring (bicyclic) bond motifs is 1. The molecule has 0 saturated carbocycles. The smallest absolute Gasteiger partial charge is 0.141 e. The number of benzene rings is 1. The van der Waals surface area contributed by atoms with Crippen molar-refractivity contribution in [2.45, 2.75) is 38.5 Å². The van der Waals surface area contributed by atoms with Gasteiger partial charge in [-0.25, -0.2) is 0 Å². The molecule has 3 heteroatoms. The summed E-state index contributed by atoms with van der Waals surface area (Å²) in [5.74, 6) is 0.751. The van der Waals surface area contributed by atoms with E-state index in [1.807, 2.05) is 6.07 Å². The van der Waals surface area contributed by atoms with Gasteiger partial charge in [0.25, 0.3) is 0 Å². The first-order valence-electron chi connectivity index (χ1n) is 6.26. The second-order valence-corrected chi connectivity index (χ2v) is 4.95. The average Bonchev–Trinajstić information content (AvgIpc) is 2.54. The molecule has 0 spiro atoms. The Bertz CT molecular complexity index is 402. The molecule has 0 fully saturated rings. The lowest BCUT2D eigenvalue weighted by molar-refractivity contribution is 0.296. The van der Waals surface area contributed by atoms with Gasteiger partial charge in [0.1, 0.15) is 5.75 Å². The number of aliphatic hydroxyl groups excluding tert-OH is 1. The number of ether oxygens (including phenoxy) is 1. The standard InChI is InChI=1S/C14H19ClO2/c1-17-14-12(7-8-16)11-6-4-2-3-5-10(11)9-13(14)15/h9,16H,2-8H2,1H3. The van der Waals surface area contributed by atoms with Crippen molar-refractivity contribution in [3.63, 3.8) is 0 Å². The highest BCUT2D eigenvalue weighted by Gasteiger charge is 2.18. The second kappa shape index (κ2) is 5.74. The van der Waals surface area contributed by atoms with Crippen LogP contribution in [0.1, 0.15) is 36.0 Å². The van der Waals surface area contributed by atoms with Crippen LogP contribution < -0.4 is 4.74 Å². The van der Waals surface area contributed by atoms with Gasteiger partial charge >= 0.3 is 0 Å². The number of hydrogen-bond donors (Lipinski definition) is 1. The topological polar surface area (TPSA) is 29.5 Å². The van der Waals surface area contributed by atoms with Crippen LogP contribution in [-0.4, -0.2) is 18.8 Å². The van der Waals surface area contributed by atoms with E-state index in [0.717, 1.165) is 24.2 Å². The van der Waals surface area contributed by atoms with Crippen LogP contribution in [0.4, 0.5) is 0 Å². The van der Waals surface area contributed by atoms with Gasteiger partial charge in [-0.2, -0.15) is 0 Å². The van der Waals surface area contributed by atoms with E-state index in [4.69, 9.17) is 16.3 Å². The van der Waals surface area contributed by atoms with Gasteiger partial charge in [0.15, 0.2) is 0 Å². The van der Waals surface area contributed by atoms with E-state index in [1.165, 1.54) is 30.4 Å². The minimum Gasteiger partial charge on any atom is -0.495 e. The normalized spacial score (nSPS) is 15.2. The third kappa shape index (κ3) is 2.58. The summed E-state index contributed by atoms with van der Waals surface area (Å²) < 4.78 is 5.39. The fraction of sp³-hybridized carbons (Fsp3) is 0.571. The molecule has 0 radical (unpaired) electrons. The molecular weight excluding hydrogens is 236 g/mol. The zero-order valence-electron chi connectivity index (χ0n) is 10.3. The van der Waals surface area contributed by atoms with Crippen LogP contribution in [0.3, 0.4) is 0 Å². The summed E-state index contributed by atoms with van der Waals surface area (Å²) in [6.45, 7) is 0.142. The highest BCUT2D eigenvalue weighted by Crippen LogP contribution is 2.36. The number of halogens is 1. The van der Waals surface area contributed by atoms with E-state index < -0.39 is 0 Å². The predicted molar refractivity (Wildman–Crippen MR) is 70.1 cm³/mol. The predicted octanol–water partition coefficient (Wildman–Crippen LogP) is 3.15. The molecule has 0 bridgehead atoms. The average molecular weight is 255 g/mol. The number of aliphatic hydroxyl groups is 1. The Morgan fingerprint density at radius 3 is 2.76 bits per heavy atom. The van der Waals surface area contributed by atoms with Gasteiger partial charge in [-0.15, -0.1) is 0 Å². The Kier molecular flexibility index (Phi) is 4.30. The Balaban J connectivity index is 2.53. The van der Waals surface area contributed by atoms with E-state index in [0.29, 0.717) is 11.4 Å². The van der Waals surface area contributed by atoms with E-state index >= 15 is 0 Å². The van der Waals surface area contributed by atoms with Gasteiger partial charge in [-0.3, -0.25) is 0 Å². The van der Waals surface area contributed by atoms with Crippen LogP contribution in [0, 0.1) is 0 Å². The van der Waals surface area contributed by atoms with Crippen molar-refractivity contribution in [3.8, 4) is 5.75 Å². The lowest BCUT2D eigenvalue weighted by Crippen LogP contribution is -2.05. The first-order chi connectivity index (χ1) is 8.27. The monoisotopic (exact) mass is 254 g/mol. The number of aryl methyl sites for hydroxylation is 1. The molecule has 0 saturated heterocycles. The zero-order valence-corrected chi connectivity index (χ0v) is 11.0. The van der Waals surface area contributed by atoms with Gasteiger partial charge in [0.05, 0.1) is 12.1 Å². The van der Waals surface area contributed by atoms with Crippen LogP contribution in [-0.2, 0) is 19.3 Å². The molecule has 1 N–H and O–H groups in total. The van der Waals surface area contributed by atoms with Gasteiger partial charge in [0, 0.05) is 12.2 Å². The summed E-state index contributed by atoms with van der Waals surface area (Å²) in [5, 5.41) is 9.88. The molecule has 2 rings (SSSR count). The minimum absolute atomic E-state index is 0.142. The van der Waals surface area contributed by atoms with Crippen molar-refractivity contribution in [2.24, 2.45) is 0 Å². The fourth-order valence-corrected chi connectivity index (χ4v) is 3.03. The molecule has 1 aliphatic rings. The molecule has 0 aromatic heterocycles. The van der Waals surface area contributed by atoms with Gasteiger partial charge in [-0.05, 0) is 49.3 Å². The van der Waals surface area contributed by atoms with Crippen molar-refractivity contribution in [3.05, 3.63) is 27.8 Å². The van der Waals surface area contributed by atoms with Crippen LogP contribution in [0.5, 0.6) is 5.75 Å². The summed E-state index contributed by atoms with van der Waals surface area (Å²) in [6.07, 6.45) is 6.53. The van der Waals surface area contributed by atoms with Crippen LogP contribution in [0.2, 0.25) is 5.02 Å². The summed E-state index contributed by atoms with van der Waals surface area (Å²) in [7, 11) is 1.64. The summed E-state index contributed by atoms with van der Waals surface area (Å²) in [6, 6.07) is 2.04.